The number of fused-ring (bicyclic) bond motifs is 1. The maximum atomic E-state index is 12.2. The number of urea groups is 1. The number of aromatic nitrogens is 2. The van der Waals surface area contributed by atoms with Crippen molar-refractivity contribution in [2.75, 3.05) is 33.4 Å². The summed E-state index contributed by atoms with van der Waals surface area (Å²) in [4.78, 5) is 21.7. The van der Waals surface area contributed by atoms with E-state index in [1.165, 1.54) is 0 Å². The largest absolute Gasteiger partial charge is 0.381 e. The minimum atomic E-state index is -0.0112. The van der Waals surface area contributed by atoms with E-state index in [4.69, 9.17) is 16.3 Å². The van der Waals surface area contributed by atoms with Crippen LogP contribution in [0.2, 0.25) is 5.02 Å². The molecule has 1 saturated heterocycles. The van der Waals surface area contributed by atoms with Gasteiger partial charge in [-0.2, -0.15) is 0 Å². The molecule has 2 N–H and O–H groups in total. The molecule has 136 valence electrons. The molecule has 1 aliphatic heterocycles. The van der Waals surface area contributed by atoms with Gasteiger partial charge in [-0.25, -0.2) is 9.78 Å². The first-order valence-electron chi connectivity index (χ1n) is 8.82. The monoisotopic (exact) mass is 364 g/mol. The van der Waals surface area contributed by atoms with E-state index in [0.29, 0.717) is 17.5 Å². The lowest BCUT2D eigenvalue weighted by atomic mass is 10.0. The Balaban J connectivity index is 1.38. The molecular formula is C18H25ClN4O2. The number of hydrogen-bond donors (Lipinski definition) is 2. The number of aromatic amines is 1. The zero-order valence-electron chi connectivity index (χ0n) is 14.6. The Labute approximate surface area is 152 Å². The Morgan fingerprint density at radius 2 is 2.24 bits per heavy atom. The van der Waals surface area contributed by atoms with Crippen molar-refractivity contribution in [1.29, 1.82) is 0 Å². The summed E-state index contributed by atoms with van der Waals surface area (Å²) in [6.07, 6.45) is 3.70. The van der Waals surface area contributed by atoms with Gasteiger partial charge in [0.1, 0.15) is 5.82 Å². The summed E-state index contributed by atoms with van der Waals surface area (Å²) < 4.78 is 5.36. The molecule has 3 rings (SSSR count). The Morgan fingerprint density at radius 1 is 1.44 bits per heavy atom. The number of halogens is 1. The van der Waals surface area contributed by atoms with Gasteiger partial charge in [0.2, 0.25) is 0 Å². The number of aryl methyl sites for hydroxylation is 1. The molecule has 2 amide bonds. The molecule has 7 heteroatoms. The van der Waals surface area contributed by atoms with Gasteiger partial charge in [0.15, 0.2) is 0 Å². The van der Waals surface area contributed by atoms with Gasteiger partial charge >= 0.3 is 6.03 Å². The van der Waals surface area contributed by atoms with Crippen molar-refractivity contribution in [3.63, 3.8) is 0 Å². The third-order valence-electron chi connectivity index (χ3n) is 4.58. The second-order valence-corrected chi connectivity index (χ2v) is 7.05. The number of carbonyl (C=O) groups excluding carboxylic acids is 1. The molecule has 1 aromatic carbocycles. The van der Waals surface area contributed by atoms with Gasteiger partial charge in [-0.05, 0) is 43.4 Å². The summed E-state index contributed by atoms with van der Waals surface area (Å²) >= 11 is 5.98. The summed E-state index contributed by atoms with van der Waals surface area (Å²) in [6, 6.07) is 5.61. The number of carbonyl (C=O) groups is 1. The predicted molar refractivity (Wildman–Crippen MR) is 99.0 cm³/mol. The highest BCUT2D eigenvalue weighted by molar-refractivity contribution is 6.31. The number of amides is 2. The third-order valence-corrected chi connectivity index (χ3v) is 4.81. The average molecular weight is 365 g/mol. The lowest BCUT2D eigenvalue weighted by Gasteiger charge is -2.27. The normalized spacial score (nSPS) is 15.4. The second kappa shape index (κ2) is 8.54. The quantitative estimate of drug-likeness (QED) is 0.773. The maximum absolute atomic E-state index is 12.2. The van der Waals surface area contributed by atoms with E-state index in [1.807, 2.05) is 25.2 Å². The van der Waals surface area contributed by atoms with Crippen LogP contribution in [0.25, 0.3) is 11.0 Å². The topological polar surface area (TPSA) is 70.2 Å². The number of ether oxygens (including phenoxy) is 1. The Kier molecular flexibility index (Phi) is 6.15. The van der Waals surface area contributed by atoms with Crippen LogP contribution in [0.3, 0.4) is 0 Å². The van der Waals surface area contributed by atoms with Gasteiger partial charge in [-0.1, -0.05) is 11.6 Å². The van der Waals surface area contributed by atoms with Gasteiger partial charge < -0.3 is 19.9 Å². The number of benzene rings is 1. The number of rotatable bonds is 6. The zero-order valence-corrected chi connectivity index (χ0v) is 15.3. The molecule has 0 radical (unpaired) electrons. The zero-order chi connectivity index (χ0) is 17.6. The molecule has 6 nitrogen and oxygen atoms in total. The summed E-state index contributed by atoms with van der Waals surface area (Å²) in [7, 11) is 1.85. The van der Waals surface area contributed by atoms with Crippen LogP contribution in [-0.2, 0) is 11.2 Å². The molecule has 0 unspecified atom stereocenters. The summed E-state index contributed by atoms with van der Waals surface area (Å²) in [6.45, 7) is 3.04. The summed E-state index contributed by atoms with van der Waals surface area (Å²) in [5.41, 5.74) is 1.86. The van der Waals surface area contributed by atoms with E-state index in [-0.39, 0.29) is 6.03 Å². The molecule has 2 heterocycles. The van der Waals surface area contributed by atoms with Crippen LogP contribution in [0.1, 0.15) is 25.1 Å². The van der Waals surface area contributed by atoms with Gasteiger partial charge in [-0.3, -0.25) is 0 Å². The molecule has 0 saturated carbocycles. The predicted octanol–water partition coefficient (Wildman–Crippen LogP) is 3.22. The molecule has 25 heavy (non-hydrogen) atoms. The molecule has 1 aliphatic rings. The molecule has 1 aromatic heterocycles. The minimum absolute atomic E-state index is 0.0112. The van der Waals surface area contributed by atoms with Crippen molar-refractivity contribution in [3.8, 4) is 0 Å². The fraction of sp³-hybridized carbons (Fsp3) is 0.556. The van der Waals surface area contributed by atoms with E-state index in [2.05, 4.69) is 15.3 Å². The fourth-order valence-electron chi connectivity index (χ4n) is 3.14. The summed E-state index contributed by atoms with van der Waals surface area (Å²) in [5, 5.41) is 3.67. The maximum Gasteiger partial charge on any atom is 0.317 e. The Bertz CT molecular complexity index is 712. The number of imidazole rings is 1. The molecule has 0 aliphatic carbocycles. The van der Waals surface area contributed by atoms with Gasteiger partial charge in [0.05, 0.1) is 11.0 Å². The first-order chi connectivity index (χ1) is 12.1. The van der Waals surface area contributed by atoms with Crippen molar-refractivity contribution < 1.29 is 9.53 Å². The standard InChI is InChI=1S/C18H25ClN4O2/c1-23(12-13-6-9-25-10-7-13)18(24)20-8-2-3-17-21-15-5-4-14(19)11-16(15)22-17/h4-5,11,13H,2-3,6-10,12H2,1H3,(H,20,24)(H,21,22). The van der Waals surface area contributed by atoms with Gasteiger partial charge in [-0.15, -0.1) is 0 Å². The molecule has 0 atom stereocenters. The van der Waals surface area contributed by atoms with E-state index < -0.39 is 0 Å². The second-order valence-electron chi connectivity index (χ2n) is 6.62. The van der Waals surface area contributed by atoms with E-state index in [0.717, 1.165) is 62.3 Å². The Morgan fingerprint density at radius 3 is 3.04 bits per heavy atom. The van der Waals surface area contributed by atoms with Crippen molar-refractivity contribution in [1.82, 2.24) is 20.2 Å². The number of H-pyrrole nitrogens is 1. The lowest BCUT2D eigenvalue weighted by Crippen LogP contribution is -2.41. The lowest BCUT2D eigenvalue weighted by molar-refractivity contribution is 0.0586. The molecule has 0 spiro atoms. The SMILES string of the molecule is CN(CC1CCOCC1)C(=O)NCCCc1nc2ccc(Cl)cc2[nH]1. The summed E-state index contributed by atoms with van der Waals surface area (Å²) in [5.74, 6) is 1.47. The van der Waals surface area contributed by atoms with Crippen LogP contribution in [0.15, 0.2) is 18.2 Å². The fourth-order valence-corrected chi connectivity index (χ4v) is 3.31. The highest BCUT2D eigenvalue weighted by atomic mass is 35.5. The van der Waals surface area contributed by atoms with Crippen LogP contribution in [-0.4, -0.2) is 54.2 Å². The third kappa shape index (κ3) is 5.09. The molecular weight excluding hydrogens is 340 g/mol. The van der Waals surface area contributed by atoms with E-state index >= 15 is 0 Å². The first kappa shape index (κ1) is 18.0. The number of nitrogens with zero attached hydrogens (tertiary/aromatic N) is 2. The van der Waals surface area contributed by atoms with Crippen LogP contribution in [0, 0.1) is 5.92 Å². The Hall–Kier alpha value is -1.79. The molecule has 1 fully saturated rings. The van der Waals surface area contributed by atoms with Crippen molar-refractivity contribution in [2.24, 2.45) is 5.92 Å². The van der Waals surface area contributed by atoms with Crippen LogP contribution >= 0.6 is 11.6 Å². The van der Waals surface area contributed by atoms with Crippen molar-refractivity contribution >= 4 is 28.7 Å². The first-order valence-corrected chi connectivity index (χ1v) is 9.20. The number of hydrogen-bond acceptors (Lipinski definition) is 3. The van der Waals surface area contributed by atoms with Crippen LogP contribution in [0.4, 0.5) is 4.79 Å². The number of nitrogens with one attached hydrogen (secondary N) is 2. The smallest absolute Gasteiger partial charge is 0.317 e. The average Bonchev–Trinajstić information content (AvgIpc) is 3.01. The van der Waals surface area contributed by atoms with Crippen LogP contribution in [0.5, 0.6) is 0 Å². The minimum Gasteiger partial charge on any atom is -0.381 e. The molecule has 0 bridgehead atoms. The van der Waals surface area contributed by atoms with Crippen molar-refractivity contribution in [3.05, 3.63) is 29.0 Å². The van der Waals surface area contributed by atoms with E-state index in [9.17, 15) is 4.79 Å². The highest BCUT2D eigenvalue weighted by Crippen LogP contribution is 2.18. The van der Waals surface area contributed by atoms with Crippen molar-refractivity contribution in [2.45, 2.75) is 25.7 Å². The van der Waals surface area contributed by atoms with Crippen LogP contribution < -0.4 is 5.32 Å². The highest BCUT2D eigenvalue weighted by Gasteiger charge is 2.18. The van der Waals surface area contributed by atoms with Gasteiger partial charge in [0, 0.05) is 44.8 Å². The molecule has 2 aromatic rings. The van der Waals surface area contributed by atoms with Gasteiger partial charge in [0.25, 0.3) is 0 Å². The van der Waals surface area contributed by atoms with E-state index in [1.54, 1.807) is 4.90 Å².